The lowest BCUT2D eigenvalue weighted by molar-refractivity contribution is 0.516. The van der Waals surface area contributed by atoms with E-state index in [0.717, 1.165) is 11.3 Å². The van der Waals surface area contributed by atoms with E-state index in [2.05, 4.69) is 15.5 Å². The first-order valence-electron chi connectivity index (χ1n) is 5.10. The number of anilines is 2. The molecule has 4 nitrogen and oxygen atoms in total. The second kappa shape index (κ2) is 5.38. The fourth-order valence-electron chi connectivity index (χ4n) is 1.32. The molecule has 2 rings (SSSR count). The van der Waals surface area contributed by atoms with Crippen molar-refractivity contribution < 1.29 is 4.42 Å². The smallest absolute Gasteiger partial charge is 0.320 e. The maximum atomic E-state index is 6.07. The molecule has 0 radical (unpaired) electrons. The zero-order chi connectivity index (χ0) is 12.3. The number of hydrogen-bond acceptors (Lipinski definition) is 4. The van der Waals surface area contributed by atoms with Crippen LogP contribution in [0.25, 0.3) is 0 Å². The zero-order valence-electron chi connectivity index (χ0n) is 9.20. The lowest BCUT2D eigenvalue weighted by Crippen LogP contribution is -1.91. The molecule has 0 aliphatic heterocycles. The van der Waals surface area contributed by atoms with Crippen LogP contribution >= 0.6 is 23.2 Å². The largest absolute Gasteiger partial charge is 0.408 e. The van der Waals surface area contributed by atoms with E-state index in [1.54, 1.807) is 0 Å². The van der Waals surface area contributed by atoms with Gasteiger partial charge in [-0.05, 0) is 24.6 Å². The van der Waals surface area contributed by atoms with Crippen LogP contribution in [0, 0.1) is 6.92 Å². The Bertz CT molecular complexity index is 513. The molecule has 1 N–H and O–H groups in total. The predicted octanol–water partition coefficient (Wildman–Crippen LogP) is 3.56. The number of nitrogens with one attached hydrogen (secondary N) is 1. The van der Waals surface area contributed by atoms with Gasteiger partial charge in [0.2, 0.25) is 5.89 Å². The summed E-state index contributed by atoms with van der Waals surface area (Å²) in [6.45, 7) is 1.97. The van der Waals surface area contributed by atoms with Crippen molar-refractivity contribution in [2.45, 2.75) is 13.3 Å². The second-order valence-electron chi connectivity index (χ2n) is 3.55. The summed E-state index contributed by atoms with van der Waals surface area (Å²) in [4.78, 5) is 0. The van der Waals surface area contributed by atoms with Crippen molar-refractivity contribution in [2.24, 2.45) is 0 Å². The standard InChI is InChI=1S/C11H11Cl2N3O/c1-7-2-3-9(8(13)6-7)14-11-16-15-10(17-11)4-5-12/h2-3,6H,4-5H2,1H3,(H,14,16). The Kier molecular flexibility index (Phi) is 3.86. The highest BCUT2D eigenvalue weighted by Crippen LogP contribution is 2.25. The topological polar surface area (TPSA) is 51.0 Å². The lowest BCUT2D eigenvalue weighted by Gasteiger charge is -2.04. The number of benzene rings is 1. The van der Waals surface area contributed by atoms with E-state index in [1.807, 2.05) is 25.1 Å². The molecule has 0 unspecified atom stereocenters. The molecule has 0 bridgehead atoms. The third-order valence-corrected chi connectivity index (χ3v) is 2.64. The Morgan fingerprint density at radius 2 is 2.18 bits per heavy atom. The summed E-state index contributed by atoms with van der Waals surface area (Å²) < 4.78 is 5.34. The van der Waals surface area contributed by atoms with Gasteiger partial charge in [-0.25, -0.2) is 0 Å². The third kappa shape index (κ3) is 3.11. The fraction of sp³-hybridized carbons (Fsp3) is 0.273. The summed E-state index contributed by atoms with van der Waals surface area (Å²) in [5.41, 5.74) is 1.83. The first-order chi connectivity index (χ1) is 8.19. The molecule has 0 atom stereocenters. The molecular formula is C11H11Cl2N3O. The Hall–Kier alpha value is -1.26. The maximum absolute atomic E-state index is 6.07. The molecule has 1 aromatic carbocycles. The molecule has 0 fully saturated rings. The first kappa shape index (κ1) is 12.2. The van der Waals surface area contributed by atoms with Gasteiger partial charge >= 0.3 is 6.01 Å². The Labute approximate surface area is 109 Å². The van der Waals surface area contributed by atoms with Crippen molar-refractivity contribution in [3.05, 3.63) is 34.7 Å². The molecule has 0 aliphatic rings. The monoisotopic (exact) mass is 271 g/mol. The minimum atomic E-state index is 0.316. The molecule has 6 heteroatoms. The van der Waals surface area contributed by atoms with Crippen LogP contribution in [-0.2, 0) is 6.42 Å². The molecule has 17 heavy (non-hydrogen) atoms. The van der Waals surface area contributed by atoms with Crippen LogP contribution in [0.4, 0.5) is 11.7 Å². The molecule has 0 saturated heterocycles. The second-order valence-corrected chi connectivity index (χ2v) is 4.33. The summed E-state index contributed by atoms with van der Waals surface area (Å²) in [7, 11) is 0. The van der Waals surface area contributed by atoms with Crippen molar-refractivity contribution in [1.29, 1.82) is 0 Å². The lowest BCUT2D eigenvalue weighted by atomic mass is 10.2. The highest BCUT2D eigenvalue weighted by atomic mass is 35.5. The zero-order valence-corrected chi connectivity index (χ0v) is 10.7. The summed E-state index contributed by atoms with van der Waals surface area (Å²) in [6.07, 6.45) is 0.553. The number of rotatable bonds is 4. The van der Waals surface area contributed by atoms with Gasteiger partial charge in [-0.1, -0.05) is 22.8 Å². The van der Waals surface area contributed by atoms with E-state index in [-0.39, 0.29) is 0 Å². The summed E-state index contributed by atoms with van der Waals surface area (Å²) >= 11 is 11.7. The average Bonchev–Trinajstić information content (AvgIpc) is 2.71. The summed E-state index contributed by atoms with van der Waals surface area (Å²) in [5.74, 6) is 0.957. The van der Waals surface area contributed by atoms with Crippen molar-refractivity contribution >= 4 is 34.9 Å². The molecule has 90 valence electrons. The van der Waals surface area contributed by atoms with Gasteiger partial charge in [0.05, 0.1) is 10.7 Å². The van der Waals surface area contributed by atoms with Crippen LogP contribution < -0.4 is 5.32 Å². The maximum Gasteiger partial charge on any atom is 0.320 e. The molecular weight excluding hydrogens is 261 g/mol. The van der Waals surface area contributed by atoms with E-state index in [0.29, 0.717) is 29.2 Å². The van der Waals surface area contributed by atoms with E-state index in [4.69, 9.17) is 27.6 Å². The third-order valence-electron chi connectivity index (χ3n) is 2.14. The van der Waals surface area contributed by atoms with Gasteiger partial charge in [0, 0.05) is 12.3 Å². The number of halogens is 2. The number of aryl methyl sites for hydroxylation is 2. The van der Waals surface area contributed by atoms with Crippen LogP contribution in [0.2, 0.25) is 5.02 Å². The van der Waals surface area contributed by atoms with E-state index in [9.17, 15) is 0 Å². The van der Waals surface area contributed by atoms with Crippen molar-refractivity contribution in [3.63, 3.8) is 0 Å². The minimum absolute atomic E-state index is 0.316. The highest BCUT2D eigenvalue weighted by Gasteiger charge is 2.07. The number of hydrogen-bond donors (Lipinski definition) is 1. The minimum Gasteiger partial charge on any atom is -0.408 e. The highest BCUT2D eigenvalue weighted by molar-refractivity contribution is 6.33. The van der Waals surface area contributed by atoms with Gasteiger partial charge < -0.3 is 9.73 Å². The van der Waals surface area contributed by atoms with Crippen LogP contribution in [0.1, 0.15) is 11.5 Å². The molecule has 0 spiro atoms. The van der Waals surface area contributed by atoms with Gasteiger partial charge in [0.15, 0.2) is 0 Å². The van der Waals surface area contributed by atoms with E-state index >= 15 is 0 Å². The Morgan fingerprint density at radius 3 is 2.88 bits per heavy atom. The van der Waals surface area contributed by atoms with Crippen molar-refractivity contribution in [3.8, 4) is 0 Å². The van der Waals surface area contributed by atoms with Crippen molar-refractivity contribution in [1.82, 2.24) is 10.2 Å². The van der Waals surface area contributed by atoms with Crippen LogP contribution in [0.5, 0.6) is 0 Å². The molecule has 0 saturated carbocycles. The molecule has 2 aromatic rings. The van der Waals surface area contributed by atoms with Gasteiger partial charge in [0.1, 0.15) is 0 Å². The quantitative estimate of drug-likeness (QED) is 0.864. The van der Waals surface area contributed by atoms with Gasteiger partial charge in [-0.2, -0.15) is 0 Å². The molecule has 1 heterocycles. The number of nitrogens with zero attached hydrogens (tertiary/aromatic N) is 2. The average molecular weight is 272 g/mol. The fourth-order valence-corrected chi connectivity index (χ4v) is 1.77. The Balaban J connectivity index is 2.13. The normalized spacial score (nSPS) is 10.5. The van der Waals surface area contributed by atoms with Crippen LogP contribution in [0.3, 0.4) is 0 Å². The van der Waals surface area contributed by atoms with Crippen LogP contribution in [-0.4, -0.2) is 16.1 Å². The SMILES string of the molecule is Cc1ccc(Nc2nnc(CCCl)o2)c(Cl)c1. The number of aromatic nitrogens is 2. The first-order valence-corrected chi connectivity index (χ1v) is 6.02. The molecule has 0 amide bonds. The van der Waals surface area contributed by atoms with Gasteiger partial charge in [-0.15, -0.1) is 16.7 Å². The van der Waals surface area contributed by atoms with Gasteiger partial charge in [-0.3, -0.25) is 0 Å². The Morgan fingerprint density at radius 1 is 1.35 bits per heavy atom. The summed E-state index contributed by atoms with van der Waals surface area (Å²) in [6, 6.07) is 5.99. The van der Waals surface area contributed by atoms with E-state index < -0.39 is 0 Å². The van der Waals surface area contributed by atoms with Crippen molar-refractivity contribution in [2.75, 3.05) is 11.2 Å². The molecule has 0 aliphatic carbocycles. The van der Waals surface area contributed by atoms with Crippen LogP contribution in [0.15, 0.2) is 22.6 Å². The molecule has 1 aromatic heterocycles. The van der Waals surface area contributed by atoms with Gasteiger partial charge in [0.25, 0.3) is 0 Å². The number of alkyl halides is 1. The van der Waals surface area contributed by atoms with E-state index in [1.165, 1.54) is 0 Å². The summed E-state index contributed by atoms with van der Waals surface area (Å²) in [5, 5.41) is 11.3. The predicted molar refractivity (Wildman–Crippen MR) is 68.2 cm³/mol.